The summed E-state index contributed by atoms with van der Waals surface area (Å²) in [5.74, 6) is -1.00. The minimum atomic E-state index is -0.773. The number of carbonyl (C=O) groups excluding carboxylic acids is 2. The molecule has 1 aromatic heterocycles. The summed E-state index contributed by atoms with van der Waals surface area (Å²) in [5.41, 5.74) is 3.69. The minimum absolute atomic E-state index is 0.0438. The number of ketones is 1. The first kappa shape index (κ1) is 20.3. The molecule has 2 heterocycles. The van der Waals surface area contributed by atoms with Gasteiger partial charge in [0.1, 0.15) is 11.5 Å². The van der Waals surface area contributed by atoms with Crippen LogP contribution in [0, 0.1) is 13.8 Å². The number of aliphatic hydroxyl groups is 1. The number of rotatable bonds is 4. The van der Waals surface area contributed by atoms with E-state index >= 15 is 0 Å². The lowest BCUT2D eigenvalue weighted by Crippen LogP contribution is -2.30. The van der Waals surface area contributed by atoms with E-state index in [9.17, 15) is 14.7 Å². The van der Waals surface area contributed by atoms with Gasteiger partial charge in [0.25, 0.3) is 11.7 Å². The third-order valence-electron chi connectivity index (χ3n) is 5.67. The molecule has 1 aliphatic rings. The Hall–Kier alpha value is -3.93. The van der Waals surface area contributed by atoms with Crippen molar-refractivity contribution >= 4 is 23.1 Å². The highest BCUT2D eigenvalue weighted by Crippen LogP contribution is 2.43. The van der Waals surface area contributed by atoms with E-state index in [1.807, 2.05) is 32.0 Å². The number of hydrogen-bond donors (Lipinski definition) is 1. The summed E-state index contributed by atoms with van der Waals surface area (Å²) in [4.78, 5) is 31.9. The van der Waals surface area contributed by atoms with E-state index in [0.29, 0.717) is 22.6 Å². The molecule has 1 aliphatic heterocycles. The highest BCUT2D eigenvalue weighted by atomic mass is 16.5. The zero-order chi connectivity index (χ0) is 22.1. The van der Waals surface area contributed by atoms with E-state index in [4.69, 9.17) is 4.74 Å². The minimum Gasteiger partial charge on any atom is -0.507 e. The highest BCUT2D eigenvalue weighted by molar-refractivity contribution is 6.51. The van der Waals surface area contributed by atoms with Crippen LogP contribution in [-0.4, -0.2) is 28.9 Å². The molecule has 1 fully saturated rings. The third kappa shape index (κ3) is 3.46. The van der Waals surface area contributed by atoms with Crippen LogP contribution in [0.5, 0.6) is 5.75 Å². The van der Waals surface area contributed by atoms with Crippen molar-refractivity contribution < 1.29 is 19.4 Å². The monoisotopic (exact) mass is 414 g/mol. The van der Waals surface area contributed by atoms with Crippen molar-refractivity contribution in [3.8, 4) is 5.75 Å². The number of Topliss-reactive ketones (excluding diaryl/α,β-unsaturated/α-hetero) is 1. The summed E-state index contributed by atoms with van der Waals surface area (Å²) in [7, 11) is 1.55. The van der Waals surface area contributed by atoms with Crippen molar-refractivity contribution in [3.05, 3.63) is 94.8 Å². The van der Waals surface area contributed by atoms with E-state index < -0.39 is 17.7 Å². The van der Waals surface area contributed by atoms with Crippen molar-refractivity contribution in [2.45, 2.75) is 19.9 Å². The zero-order valence-corrected chi connectivity index (χ0v) is 17.5. The van der Waals surface area contributed by atoms with Crippen LogP contribution in [0.4, 0.5) is 5.69 Å². The van der Waals surface area contributed by atoms with Gasteiger partial charge in [-0.25, -0.2) is 0 Å². The van der Waals surface area contributed by atoms with E-state index in [0.717, 1.165) is 11.1 Å². The fraction of sp³-hybridized carbons (Fsp3) is 0.160. The number of carbonyl (C=O) groups is 2. The summed E-state index contributed by atoms with van der Waals surface area (Å²) in [5, 5.41) is 11.1. The summed E-state index contributed by atoms with van der Waals surface area (Å²) >= 11 is 0. The van der Waals surface area contributed by atoms with E-state index in [1.165, 1.54) is 4.90 Å². The largest absolute Gasteiger partial charge is 0.507 e. The molecule has 0 spiro atoms. The lowest BCUT2D eigenvalue weighted by Gasteiger charge is -2.27. The number of anilines is 1. The molecule has 1 saturated heterocycles. The molecule has 1 atom stereocenters. The van der Waals surface area contributed by atoms with Gasteiger partial charge >= 0.3 is 0 Å². The molecule has 31 heavy (non-hydrogen) atoms. The molecule has 3 aromatic rings. The molecule has 1 amide bonds. The predicted octanol–water partition coefficient (Wildman–Crippen LogP) is 4.33. The topological polar surface area (TPSA) is 79.7 Å². The van der Waals surface area contributed by atoms with Crippen LogP contribution in [0.3, 0.4) is 0 Å². The van der Waals surface area contributed by atoms with Crippen molar-refractivity contribution in [3.63, 3.8) is 0 Å². The Labute approximate surface area is 180 Å². The van der Waals surface area contributed by atoms with Gasteiger partial charge in [-0.15, -0.1) is 0 Å². The van der Waals surface area contributed by atoms with Gasteiger partial charge in [-0.05, 0) is 73.0 Å². The Bertz CT molecular complexity index is 1180. The van der Waals surface area contributed by atoms with Gasteiger partial charge < -0.3 is 9.84 Å². The Morgan fingerprint density at radius 1 is 1.00 bits per heavy atom. The molecule has 6 nitrogen and oxygen atoms in total. The van der Waals surface area contributed by atoms with Gasteiger partial charge in [0.15, 0.2) is 0 Å². The van der Waals surface area contributed by atoms with Crippen LogP contribution in [0.15, 0.2) is 72.6 Å². The van der Waals surface area contributed by atoms with Crippen LogP contribution in [-0.2, 0) is 9.59 Å². The standard InChI is InChI=1S/C25H22N2O4/c1-15-5-4-6-20(16(15)2)27-22(17-11-13-26-14-12-17)21(24(29)25(27)30)23(28)18-7-9-19(31-3)10-8-18/h4-14,22,28H,1-3H3/b23-21+. The SMILES string of the molecule is COc1ccc(/C(O)=C2\C(=O)C(=O)N(c3cccc(C)c3C)C2c2ccncc2)cc1. The molecule has 1 unspecified atom stereocenters. The molecule has 4 rings (SSSR count). The second kappa shape index (κ2) is 8.07. The molecule has 156 valence electrons. The van der Waals surface area contributed by atoms with Gasteiger partial charge in [-0.1, -0.05) is 12.1 Å². The summed E-state index contributed by atoms with van der Waals surface area (Å²) in [6, 6.07) is 15.0. The van der Waals surface area contributed by atoms with Gasteiger partial charge in [0, 0.05) is 23.6 Å². The maximum Gasteiger partial charge on any atom is 0.300 e. The number of nitrogens with zero attached hydrogens (tertiary/aromatic N) is 2. The highest BCUT2D eigenvalue weighted by Gasteiger charge is 2.47. The number of pyridine rings is 1. The Morgan fingerprint density at radius 2 is 1.68 bits per heavy atom. The van der Waals surface area contributed by atoms with Crippen LogP contribution in [0.1, 0.15) is 28.3 Å². The van der Waals surface area contributed by atoms with E-state index in [2.05, 4.69) is 4.98 Å². The van der Waals surface area contributed by atoms with E-state index in [-0.39, 0.29) is 11.3 Å². The van der Waals surface area contributed by atoms with Crippen LogP contribution < -0.4 is 9.64 Å². The maximum absolute atomic E-state index is 13.2. The average Bonchev–Trinajstić information content (AvgIpc) is 3.06. The number of methoxy groups -OCH3 is 1. The van der Waals surface area contributed by atoms with Gasteiger partial charge in [0.2, 0.25) is 0 Å². The predicted molar refractivity (Wildman–Crippen MR) is 118 cm³/mol. The smallest absolute Gasteiger partial charge is 0.300 e. The molecular weight excluding hydrogens is 392 g/mol. The molecule has 0 radical (unpaired) electrons. The van der Waals surface area contributed by atoms with Crippen molar-refractivity contribution in [2.24, 2.45) is 0 Å². The molecule has 1 N–H and O–H groups in total. The number of hydrogen-bond acceptors (Lipinski definition) is 5. The van der Waals surface area contributed by atoms with Gasteiger partial charge in [0.05, 0.1) is 18.7 Å². The quantitative estimate of drug-likeness (QED) is 0.390. The Balaban J connectivity index is 1.95. The second-order valence-electron chi connectivity index (χ2n) is 7.40. The van der Waals surface area contributed by atoms with Crippen molar-refractivity contribution in [2.75, 3.05) is 12.0 Å². The van der Waals surface area contributed by atoms with Crippen LogP contribution in [0.2, 0.25) is 0 Å². The second-order valence-corrected chi connectivity index (χ2v) is 7.40. The Morgan fingerprint density at radius 3 is 2.32 bits per heavy atom. The number of benzene rings is 2. The number of aromatic nitrogens is 1. The van der Waals surface area contributed by atoms with Gasteiger partial charge in [-0.2, -0.15) is 0 Å². The third-order valence-corrected chi connectivity index (χ3v) is 5.67. The summed E-state index contributed by atoms with van der Waals surface area (Å²) < 4.78 is 5.17. The first-order valence-corrected chi connectivity index (χ1v) is 9.85. The molecular formula is C25H22N2O4. The molecule has 0 aliphatic carbocycles. The number of amides is 1. The van der Waals surface area contributed by atoms with E-state index in [1.54, 1.807) is 55.9 Å². The lowest BCUT2D eigenvalue weighted by atomic mass is 9.95. The first-order chi connectivity index (χ1) is 14.9. The maximum atomic E-state index is 13.2. The van der Waals surface area contributed by atoms with Crippen molar-refractivity contribution in [1.82, 2.24) is 4.98 Å². The number of aryl methyl sites for hydroxylation is 1. The fourth-order valence-electron chi connectivity index (χ4n) is 3.84. The van der Waals surface area contributed by atoms with Crippen molar-refractivity contribution in [1.29, 1.82) is 0 Å². The summed E-state index contributed by atoms with van der Waals surface area (Å²) in [6.07, 6.45) is 3.21. The fourth-order valence-corrected chi connectivity index (χ4v) is 3.84. The van der Waals surface area contributed by atoms with Crippen LogP contribution in [0.25, 0.3) is 5.76 Å². The Kier molecular flexibility index (Phi) is 5.29. The normalized spacial score (nSPS) is 17.8. The van der Waals surface area contributed by atoms with Gasteiger partial charge in [-0.3, -0.25) is 19.5 Å². The molecule has 2 aromatic carbocycles. The molecule has 0 bridgehead atoms. The average molecular weight is 414 g/mol. The number of aliphatic hydroxyl groups excluding tert-OH is 1. The molecule has 0 saturated carbocycles. The first-order valence-electron chi connectivity index (χ1n) is 9.85. The summed E-state index contributed by atoms with van der Waals surface area (Å²) in [6.45, 7) is 3.87. The number of ether oxygens (including phenoxy) is 1. The lowest BCUT2D eigenvalue weighted by molar-refractivity contribution is -0.132. The van der Waals surface area contributed by atoms with Crippen LogP contribution >= 0.6 is 0 Å². The zero-order valence-electron chi connectivity index (χ0n) is 17.5. The molecule has 6 heteroatoms.